The van der Waals surface area contributed by atoms with E-state index in [2.05, 4.69) is 20.2 Å². The Balaban J connectivity index is 2.00. The molecule has 0 heterocycles. The lowest BCUT2D eigenvalue weighted by Gasteiger charge is -2.03. The van der Waals surface area contributed by atoms with Gasteiger partial charge in [0.05, 0.1) is 18.9 Å². The highest BCUT2D eigenvalue weighted by Crippen LogP contribution is 2.08. The van der Waals surface area contributed by atoms with Crippen molar-refractivity contribution in [1.82, 2.24) is 0 Å². The van der Waals surface area contributed by atoms with Crippen LogP contribution in [0.3, 0.4) is 0 Å². The van der Waals surface area contributed by atoms with E-state index in [0.717, 1.165) is 23.1 Å². The molecule has 2 aromatic rings. The van der Waals surface area contributed by atoms with Crippen LogP contribution in [0.1, 0.15) is 16.7 Å². The number of nitrogens with zero attached hydrogens (tertiary/aromatic N) is 3. The van der Waals surface area contributed by atoms with Gasteiger partial charge in [0.15, 0.2) is 0 Å². The van der Waals surface area contributed by atoms with Gasteiger partial charge >= 0.3 is 5.97 Å². The van der Waals surface area contributed by atoms with Crippen molar-refractivity contribution < 1.29 is 14.4 Å². The van der Waals surface area contributed by atoms with E-state index in [1.165, 1.54) is 7.11 Å². The first-order valence-corrected chi connectivity index (χ1v) is 7.23. The maximum Gasteiger partial charge on any atom is 0.316 e. The highest BCUT2D eigenvalue weighted by molar-refractivity contribution is 5.87. The molecule has 122 valence electrons. The summed E-state index contributed by atoms with van der Waals surface area (Å²) in [6, 6.07) is 17.1. The first-order valence-electron chi connectivity index (χ1n) is 7.23. The average Bonchev–Trinajstić information content (AvgIpc) is 2.61. The molecule has 0 amide bonds. The Hall–Kier alpha value is -3.28. The first kappa shape index (κ1) is 17.1. The molecule has 2 rings (SSSR count). The van der Waals surface area contributed by atoms with Gasteiger partial charge in [-0.2, -0.15) is 10.2 Å². The van der Waals surface area contributed by atoms with E-state index >= 15 is 0 Å². The van der Waals surface area contributed by atoms with E-state index in [-0.39, 0.29) is 6.42 Å². The molecule has 2 aromatic carbocycles. The Morgan fingerprint density at radius 1 is 1.00 bits per heavy atom. The molecular formula is C18H17N3O3. The summed E-state index contributed by atoms with van der Waals surface area (Å²) in [6.07, 6.45) is 4.32. The van der Waals surface area contributed by atoms with Crippen LogP contribution < -0.4 is 0 Å². The van der Waals surface area contributed by atoms with Crippen molar-refractivity contribution in [2.75, 3.05) is 7.11 Å². The highest BCUT2D eigenvalue weighted by Gasteiger charge is 2.07. The second-order valence-corrected chi connectivity index (χ2v) is 4.66. The molecule has 0 radical (unpaired) electrons. The average molecular weight is 323 g/mol. The molecule has 0 unspecified atom stereocenters. The minimum absolute atomic E-state index is 0.0975. The quantitative estimate of drug-likeness (QED) is 0.340. The van der Waals surface area contributed by atoms with E-state index in [9.17, 15) is 4.79 Å². The van der Waals surface area contributed by atoms with E-state index in [1.54, 1.807) is 12.4 Å². The lowest BCUT2D eigenvalue weighted by Crippen LogP contribution is -2.08. The number of benzene rings is 2. The summed E-state index contributed by atoms with van der Waals surface area (Å²) in [4.78, 5) is 16.1. The maximum atomic E-state index is 11.7. The lowest BCUT2D eigenvalue weighted by molar-refractivity contribution is -0.134. The number of oxime groups is 1. The van der Waals surface area contributed by atoms with E-state index < -0.39 is 5.97 Å². The molecule has 0 bridgehead atoms. The standard InChI is InChI=1S/C18H17N3O3/c1-23-21-14-24-18(22)11-16-9-5-6-10-17(16)13-20-19-12-15-7-3-2-4-8-15/h2-10,12-14H,11H2,1H3. The van der Waals surface area contributed by atoms with Gasteiger partial charge in [-0.05, 0) is 16.7 Å². The Bertz CT molecular complexity index is 740. The number of hydrogen-bond acceptors (Lipinski definition) is 6. The topological polar surface area (TPSA) is 72.6 Å². The molecule has 6 heteroatoms. The van der Waals surface area contributed by atoms with Crippen LogP contribution in [0.25, 0.3) is 0 Å². The lowest BCUT2D eigenvalue weighted by atomic mass is 10.1. The van der Waals surface area contributed by atoms with Gasteiger partial charge in [0.25, 0.3) is 0 Å². The third kappa shape index (κ3) is 5.84. The van der Waals surface area contributed by atoms with Gasteiger partial charge in [-0.15, -0.1) is 0 Å². The van der Waals surface area contributed by atoms with Crippen molar-refractivity contribution in [3.05, 3.63) is 71.3 Å². The fraction of sp³-hybridized carbons (Fsp3) is 0.111. The third-order valence-electron chi connectivity index (χ3n) is 2.99. The molecule has 6 nitrogen and oxygen atoms in total. The summed E-state index contributed by atoms with van der Waals surface area (Å²) in [5.74, 6) is -0.440. The molecule has 0 aliphatic rings. The third-order valence-corrected chi connectivity index (χ3v) is 2.99. The number of carbonyl (C=O) groups is 1. The molecule has 0 atom stereocenters. The zero-order valence-electron chi connectivity index (χ0n) is 13.2. The van der Waals surface area contributed by atoms with Crippen LogP contribution in [0.2, 0.25) is 0 Å². The van der Waals surface area contributed by atoms with Crippen LogP contribution >= 0.6 is 0 Å². The second-order valence-electron chi connectivity index (χ2n) is 4.66. The van der Waals surface area contributed by atoms with Crippen LogP contribution in [0.5, 0.6) is 0 Å². The normalized spacial score (nSPS) is 11.4. The minimum atomic E-state index is -0.440. The van der Waals surface area contributed by atoms with Gasteiger partial charge in [0.1, 0.15) is 7.11 Å². The number of esters is 1. The highest BCUT2D eigenvalue weighted by atomic mass is 16.6. The Labute approximate surface area is 140 Å². The van der Waals surface area contributed by atoms with Gasteiger partial charge < -0.3 is 9.57 Å². The molecule has 0 fully saturated rings. The van der Waals surface area contributed by atoms with E-state index in [0.29, 0.717) is 0 Å². The molecule has 0 N–H and O–H groups in total. The second kappa shape index (κ2) is 9.68. The molecular weight excluding hydrogens is 306 g/mol. The summed E-state index contributed by atoms with van der Waals surface area (Å²) in [7, 11) is 1.37. The minimum Gasteiger partial charge on any atom is -0.411 e. The number of rotatable bonds is 7. The van der Waals surface area contributed by atoms with Crippen molar-refractivity contribution in [3.63, 3.8) is 0 Å². The van der Waals surface area contributed by atoms with E-state index in [4.69, 9.17) is 4.74 Å². The maximum absolute atomic E-state index is 11.7. The molecule has 24 heavy (non-hydrogen) atoms. The first-order chi connectivity index (χ1) is 11.8. The zero-order valence-corrected chi connectivity index (χ0v) is 13.2. The SMILES string of the molecule is CON=COC(=O)Cc1ccccc1C=NN=Cc1ccccc1. The summed E-state index contributed by atoms with van der Waals surface area (Å²) in [6.45, 7) is 0. The monoisotopic (exact) mass is 323 g/mol. The Morgan fingerprint density at radius 2 is 1.71 bits per heavy atom. The van der Waals surface area contributed by atoms with Crippen LogP contribution in [0.4, 0.5) is 0 Å². The van der Waals surface area contributed by atoms with Gasteiger partial charge in [-0.25, -0.2) is 0 Å². The summed E-state index contributed by atoms with van der Waals surface area (Å²) in [5, 5.41) is 11.4. The Kier molecular flexibility index (Phi) is 6.89. The molecule has 0 aromatic heterocycles. The predicted molar refractivity (Wildman–Crippen MR) is 93.4 cm³/mol. The molecule has 0 spiro atoms. The van der Waals surface area contributed by atoms with Gasteiger partial charge in [-0.1, -0.05) is 59.8 Å². The summed E-state index contributed by atoms with van der Waals surface area (Å²) in [5.41, 5.74) is 2.54. The smallest absolute Gasteiger partial charge is 0.316 e. The fourth-order valence-corrected chi connectivity index (χ4v) is 1.88. The van der Waals surface area contributed by atoms with Crippen molar-refractivity contribution in [2.24, 2.45) is 15.4 Å². The number of ether oxygens (including phenoxy) is 1. The van der Waals surface area contributed by atoms with Crippen molar-refractivity contribution >= 4 is 24.8 Å². The number of carbonyl (C=O) groups excluding carboxylic acids is 1. The zero-order chi connectivity index (χ0) is 17.0. The van der Waals surface area contributed by atoms with Crippen LogP contribution in [0.15, 0.2) is 70.0 Å². The van der Waals surface area contributed by atoms with Crippen molar-refractivity contribution in [3.8, 4) is 0 Å². The van der Waals surface area contributed by atoms with Crippen molar-refractivity contribution in [2.45, 2.75) is 6.42 Å². The Morgan fingerprint density at radius 3 is 2.50 bits per heavy atom. The molecule has 0 saturated heterocycles. The molecule has 0 aliphatic carbocycles. The predicted octanol–water partition coefficient (Wildman–Crippen LogP) is 2.82. The summed E-state index contributed by atoms with van der Waals surface area (Å²) >= 11 is 0. The van der Waals surface area contributed by atoms with Gasteiger partial charge in [0, 0.05) is 0 Å². The van der Waals surface area contributed by atoms with E-state index in [1.807, 2.05) is 54.6 Å². The molecule has 0 aliphatic heterocycles. The van der Waals surface area contributed by atoms with Crippen LogP contribution in [-0.4, -0.2) is 31.9 Å². The largest absolute Gasteiger partial charge is 0.411 e. The molecule has 0 saturated carbocycles. The number of hydrogen-bond donors (Lipinski definition) is 0. The summed E-state index contributed by atoms with van der Waals surface area (Å²) < 4.78 is 4.80. The fourth-order valence-electron chi connectivity index (χ4n) is 1.88. The van der Waals surface area contributed by atoms with Crippen LogP contribution in [0, 0.1) is 0 Å². The van der Waals surface area contributed by atoms with Gasteiger partial charge in [0.2, 0.25) is 6.40 Å². The van der Waals surface area contributed by atoms with Crippen LogP contribution in [-0.2, 0) is 20.8 Å². The van der Waals surface area contributed by atoms with Gasteiger partial charge in [-0.3, -0.25) is 4.79 Å². The van der Waals surface area contributed by atoms with Crippen molar-refractivity contribution in [1.29, 1.82) is 0 Å².